The maximum Gasteiger partial charge on any atom is 0.280 e. The number of aliphatic hydroxyl groups excluding tert-OH is 8. The van der Waals surface area contributed by atoms with E-state index in [-0.39, 0.29) is 61.2 Å². The number of nitrogen functional groups attached to an aromatic ring is 2. The predicted octanol–water partition coefficient (Wildman–Crippen LogP) is -1.78. The first-order valence-corrected chi connectivity index (χ1v) is 23.0. The lowest BCUT2D eigenvalue weighted by molar-refractivity contribution is -0.283. The molecule has 1 aromatic heterocycles. The van der Waals surface area contributed by atoms with E-state index in [1.165, 1.54) is 4.90 Å². The van der Waals surface area contributed by atoms with Crippen LogP contribution >= 0.6 is 11.6 Å². The van der Waals surface area contributed by atoms with Crippen molar-refractivity contribution in [3.05, 3.63) is 94.3 Å². The van der Waals surface area contributed by atoms with Gasteiger partial charge in [0.2, 0.25) is 5.91 Å². The van der Waals surface area contributed by atoms with Crippen LogP contribution in [0.1, 0.15) is 59.2 Å². The van der Waals surface area contributed by atoms with E-state index in [1.807, 2.05) is 30.3 Å². The average Bonchev–Trinajstić information content (AvgIpc) is 3.34. The molecule has 2 heterocycles. The number of ether oxygens (including phenoxy) is 2. The Labute approximate surface area is 403 Å². The SMILES string of the molecule is NC(=O)[C@H](CCc1ccc(CCCCN=C(N)NC(=O)c2nc(Cl)c(N)nc2N)c2ccccc12)NCCCN(C[C@H](O)[C@@H](O)[C@H](O)[C@H](O)CO)C[C@H](O)[C@@H](O)[C@@H]1OC(c2ccccc2)OC[C@H]1O. The number of aromatic nitrogens is 2. The Balaban J connectivity index is 1.14. The van der Waals surface area contributed by atoms with Gasteiger partial charge in [0.25, 0.3) is 5.91 Å². The number of rotatable bonds is 26. The molecule has 4 aromatic rings. The van der Waals surface area contributed by atoms with Gasteiger partial charge in [0.1, 0.15) is 36.6 Å². The Morgan fingerprint density at radius 1 is 0.826 bits per heavy atom. The number of nitrogens with one attached hydrogen (secondary N) is 2. The summed E-state index contributed by atoms with van der Waals surface area (Å²) >= 11 is 5.87. The molecule has 69 heavy (non-hydrogen) atoms. The second-order valence-corrected chi connectivity index (χ2v) is 17.3. The highest BCUT2D eigenvalue weighted by Crippen LogP contribution is 2.29. The molecule has 5 rings (SSSR count). The summed E-state index contributed by atoms with van der Waals surface area (Å²) in [7, 11) is 0. The largest absolute Gasteiger partial charge is 0.394 e. The summed E-state index contributed by atoms with van der Waals surface area (Å²) in [5.41, 5.74) is 25.6. The van der Waals surface area contributed by atoms with Gasteiger partial charge in [0, 0.05) is 25.2 Å². The molecule has 0 bridgehead atoms. The van der Waals surface area contributed by atoms with Gasteiger partial charge in [-0.05, 0) is 73.5 Å². The van der Waals surface area contributed by atoms with Gasteiger partial charge in [-0.2, -0.15) is 0 Å². The van der Waals surface area contributed by atoms with E-state index in [2.05, 4.69) is 31.7 Å². The number of carbonyl (C=O) groups excluding carboxylic acids is 2. The van der Waals surface area contributed by atoms with Crippen LogP contribution < -0.4 is 33.6 Å². The first kappa shape index (κ1) is 54.8. The number of benzene rings is 3. The number of fused-ring (bicyclic) bond motifs is 1. The number of unbranched alkanes of at least 4 members (excludes halogenated alkanes) is 1. The number of amides is 2. The van der Waals surface area contributed by atoms with Gasteiger partial charge in [0.15, 0.2) is 34.7 Å². The number of carbonyl (C=O) groups is 2. The van der Waals surface area contributed by atoms with Crippen molar-refractivity contribution in [1.29, 1.82) is 0 Å². The number of anilines is 2. The number of hydrogen-bond donors (Lipinski definition) is 14. The molecule has 1 aliphatic rings. The van der Waals surface area contributed by atoms with Gasteiger partial charge in [-0.15, -0.1) is 0 Å². The smallest absolute Gasteiger partial charge is 0.280 e. The minimum absolute atomic E-state index is 0.106. The molecule has 23 heteroatoms. The molecule has 0 radical (unpaired) electrons. The number of hydrogen-bond acceptors (Lipinski definition) is 19. The number of nitrogens with zero attached hydrogens (tertiary/aromatic N) is 4. The molecule has 1 fully saturated rings. The zero-order valence-electron chi connectivity index (χ0n) is 38.0. The summed E-state index contributed by atoms with van der Waals surface area (Å²) in [5, 5.41) is 91.5. The fraction of sp³-hybridized carbons (Fsp3) is 0.500. The van der Waals surface area contributed by atoms with Crippen molar-refractivity contribution in [2.75, 3.05) is 57.4 Å². The van der Waals surface area contributed by atoms with Gasteiger partial charge in [0.05, 0.1) is 31.5 Å². The van der Waals surface area contributed by atoms with Crippen molar-refractivity contribution < 1.29 is 59.9 Å². The van der Waals surface area contributed by atoms with Crippen LogP contribution in [-0.4, -0.2) is 174 Å². The summed E-state index contributed by atoms with van der Waals surface area (Å²) in [6.07, 6.45) is -10.5. The van der Waals surface area contributed by atoms with Crippen LogP contribution in [0, 0.1) is 0 Å². The van der Waals surface area contributed by atoms with Crippen LogP contribution in [0.3, 0.4) is 0 Å². The average molecular weight is 986 g/mol. The van der Waals surface area contributed by atoms with Crippen molar-refractivity contribution in [2.24, 2.45) is 16.5 Å². The zero-order chi connectivity index (χ0) is 50.2. The molecular formula is C46H65ClN10O12. The van der Waals surface area contributed by atoms with Gasteiger partial charge in [-0.25, -0.2) is 9.97 Å². The summed E-state index contributed by atoms with van der Waals surface area (Å²) in [6, 6.07) is 20.2. The molecule has 1 saturated heterocycles. The highest BCUT2D eigenvalue weighted by molar-refractivity contribution is 6.31. The van der Waals surface area contributed by atoms with Crippen molar-refractivity contribution in [1.82, 2.24) is 25.5 Å². The molecule has 22 nitrogen and oxygen atoms in total. The maximum absolute atomic E-state index is 12.7. The van der Waals surface area contributed by atoms with Crippen LogP contribution in [0.2, 0.25) is 5.15 Å². The first-order valence-electron chi connectivity index (χ1n) is 22.6. The molecule has 0 aliphatic carbocycles. The molecule has 0 spiro atoms. The number of halogens is 1. The van der Waals surface area contributed by atoms with E-state index >= 15 is 0 Å². The minimum atomic E-state index is -1.89. The van der Waals surface area contributed by atoms with E-state index < -0.39 is 79.6 Å². The molecule has 2 amide bonds. The van der Waals surface area contributed by atoms with Crippen LogP contribution in [0.4, 0.5) is 11.6 Å². The topological polar surface area (TPSA) is 384 Å². The van der Waals surface area contributed by atoms with Crippen LogP contribution in [-0.2, 0) is 27.1 Å². The minimum Gasteiger partial charge on any atom is -0.394 e. The number of aryl methyl sites for hydroxylation is 2. The third-order valence-electron chi connectivity index (χ3n) is 11.8. The van der Waals surface area contributed by atoms with Gasteiger partial charge < -0.3 is 78.6 Å². The zero-order valence-corrected chi connectivity index (χ0v) is 38.8. The Morgan fingerprint density at radius 3 is 2.13 bits per heavy atom. The van der Waals surface area contributed by atoms with E-state index in [4.69, 9.17) is 44.0 Å². The lowest BCUT2D eigenvalue weighted by Crippen LogP contribution is -2.55. The fourth-order valence-electron chi connectivity index (χ4n) is 7.97. The molecule has 1 aliphatic heterocycles. The van der Waals surface area contributed by atoms with E-state index in [0.29, 0.717) is 37.8 Å². The van der Waals surface area contributed by atoms with Crippen LogP contribution in [0.15, 0.2) is 71.7 Å². The Bertz CT molecular complexity index is 2300. The highest BCUT2D eigenvalue weighted by Gasteiger charge is 2.40. The summed E-state index contributed by atoms with van der Waals surface area (Å²) in [6.45, 7) is -0.993. The first-order chi connectivity index (χ1) is 33.0. The van der Waals surface area contributed by atoms with Crippen molar-refractivity contribution in [3.8, 4) is 0 Å². The third-order valence-corrected chi connectivity index (χ3v) is 12.1. The normalized spacial score (nSPS) is 19.7. The predicted molar refractivity (Wildman–Crippen MR) is 256 cm³/mol. The van der Waals surface area contributed by atoms with Crippen LogP contribution in [0.5, 0.6) is 0 Å². The van der Waals surface area contributed by atoms with Crippen molar-refractivity contribution in [2.45, 2.75) is 99.7 Å². The highest BCUT2D eigenvalue weighted by atomic mass is 35.5. The number of nitrogens with two attached hydrogens (primary N) is 4. The molecule has 18 N–H and O–H groups in total. The second kappa shape index (κ2) is 26.7. The lowest BCUT2D eigenvalue weighted by Gasteiger charge is -2.39. The summed E-state index contributed by atoms with van der Waals surface area (Å²) in [5.74, 6) is -1.72. The molecule has 1 unspecified atom stereocenters. The van der Waals surface area contributed by atoms with Crippen molar-refractivity contribution >= 4 is 51.8 Å². The Morgan fingerprint density at radius 2 is 1.46 bits per heavy atom. The Hall–Kier alpha value is -5.18. The lowest BCUT2D eigenvalue weighted by atomic mass is 9.93. The fourth-order valence-corrected chi connectivity index (χ4v) is 8.09. The molecule has 3 aromatic carbocycles. The van der Waals surface area contributed by atoms with E-state index in [1.54, 1.807) is 30.3 Å². The molecular weight excluding hydrogens is 920 g/mol. The van der Waals surface area contributed by atoms with Gasteiger partial charge in [-0.1, -0.05) is 78.3 Å². The van der Waals surface area contributed by atoms with E-state index in [9.17, 15) is 50.4 Å². The van der Waals surface area contributed by atoms with Gasteiger partial charge in [-0.3, -0.25) is 24.8 Å². The number of aliphatic imine (C=N–C) groups is 1. The van der Waals surface area contributed by atoms with E-state index in [0.717, 1.165) is 34.7 Å². The Kier molecular flexibility index (Phi) is 21.2. The monoisotopic (exact) mass is 984 g/mol. The number of aliphatic hydroxyl groups is 8. The summed E-state index contributed by atoms with van der Waals surface area (Å²) in [4.78, 5) is 38.6. The molecule has 0 saturated carbocycles. The standard InChI is InChI=1S/C46H65ClN10O12/c47-40-42(49)55-41(48)35(54-40)44(67)56-46(51)53-18-7-6-9-25-14-15-26(29-13-5-4-12-28(25)29)16-17-30(43(50)66)52-19-8-20-57(21-31(59)36(63)37(64)33(61)23-58)22-32(60)38(65)39-34(62)24-68-45(69-39)27-10-2-1-3-11-27/h1-5,10-15,30-34,36-39,45,52,58-65H,6-9,16-24H2,(H2,50,66)(H4,48,49,55)(H3,51,53,56,67)/t30-,31-,32-,33+,34+,36+,37+,38+,39+,45?/m0/s1. The van der Waals surface area contributed by atoms with Crippen LogP contribution in [0.25, 0.3) is 10.8 Å². The molecule has 10 atom stereocenters. The quantitative estimate of drug-likeness (QED) is 0.0188. The second-order valence-electron chi connectivity index (χ2n) is 16.9. The molecule has 378 valence electrons. The number of primary amides is 1. The van der Waals surface area contributed by atoms with Crippen molar-refractivity contribution in [3.63, 3.8) is 0 Å². The summed E-state index contributed by atoms with van der Waals surface area (Å²) < 4.78 is 11.5. The number of guanidine groups is 1. The van der Waals surface area contributed by atoms with Gasteiger partial charge >= 0.3 is 0 Å². The third kappa shape index (κ3) is 15.7. The maximum atomic E-state index is 12.7.